The molecule has 6 rings (SSSR count). The van der Waals surface area contributed by atoms with Crippen LogP contribution in [0.4, 0.5) is 0 Å². The van der Waals surface area contributed by atoms with E-state index in [9.17, 15) is 5.11 Å². The van der Waals surface area contributed by atoms with E-state index >= 15 is 0 Å². The summed E-state index contributed by atoms with van der Waals surface area (Å²) in [5, 5.41) is 10.8. The van der Waals surface area contributed by atoms with E-state index in [2.05, 4.69) is 158 Å². The minimum atomic E-state index is -0.218. The Morgan fingerprint density at radius 1 is 0.545 bits per heavy atom. The van der Waals surface area contributed by atoms with Crippen molar-refractivity contribution in [3.63, 3.8) is 0 Å². The molecule has 55 heavy (non-hydrogen) atoms. The molecule has 5 heteroatoms. The fourth-order valence-electron chi connectivity index (χ4n) is 6.98. The normalized spacial score (nSPS) is 12.9. The molecule has 0 unspecified atom stereocenters. The summed E-state index contributed by atoms with van der Waals surface area (Å²) in [6.07, 6.45) is 1.94. The maximum atomic E-state index is 10.8. The monoisotopic (exact) mass is 914 g/mol. The number of aromatic hydroxyl groups is 1. The van der Waals surface area contributed by atoms with Gasteiger partial charge in [0.2, 0.25) is 5.89 Å². The summed E-state index contributed by atoms with van der Waals surface area (Å²) in [5.74, 6) is 0.523. The van der Waals surface area contributed by atoms with Crippen LogP contribution in [-0.2, 0) is 48.1 Å². The minimum absolute atomic E-state index is 0. The van der Waals surface area contributed by atoms with Gasteiger partial charge < -0.3 is 9.52 Å². The predicted octanol–water partition coefficient (Wildman–Crippen LogP) is 13.9. The maximum Gasteiger partial charge on any atom is 0.230 e. The summed E-state index contributed by atoms with van der Waals surface area (Å²) in [4.78, 5) is 10.1. The molecule has 0 radical (unpaired) electrons. The van der Waals surface area contributed by atoms with Gasteiger partial charge in [0, 0.05) is 33.0 Å². The molecule has 4 aromatic carbocycles. The third kappa shape index (κ3) is 8.71. The van der Waals surface area contributed by atoms with Crippen LogP contribution in [0.2, 0.25) is 0 Å². The van der Waals surface area contributed by atoms with Crippen molar-refractivity contribution in [3.8, 4) is 50.7 Å². The first kappa shape index (κ1) is 42.1. The Kier molecular flexibility index (Phi) is 11.1. The molecule has 0 spiro atoms. The van der Waals surface area contributed by atoms with Gasteiger partial charge in [-0.1, -0.05) is 157 Å². The molecule has 0 aliphatic heterocycles. The van der Waals surface area contributed by atoms with Crippen LogP contribution in [0.1, 0.15) is 132 Å². The first-order chi connectivity index (χ1) is 24.8. The summed E-state index contributed by atoms with van der Waals surface area (Å²) in [7, 11) is 0. The molecule has 0 aliphatic rings. The molecule has 2 aromatic heterocycles. The number of phenolic OH excluding ortho intramolecular Hbond substituents is 1. The molecule has 0 fully saturated rings. The topological polar surface area (TPSA) is 59.2 Å². The smallest absolute Gasteiger partial charge is 0.230 e. The third-order valence-electron chi connectivity index (χ3n) is 10.5. The van der Waals surface area contributed by atoms with Crippen molar-refractivity contribution in [1.29, 1.82) is 0 Å². The molecule has 0 saturated carbocycles. The summed E-state index contributed by atoms with van der Waals surface area (Å²) in [6.45, 7) is 34.0. The number of benzene rings is 4. The minimum Gasteiger partial charge on any atom is -0.507 e. The number of fused-ring (bicyclic) bond motifs is 1. The Morgan fingerprint density at radius 2 is 1.09 bits per heavy atom. The van der Waals surface area contributed by atoms with Crippen LogP contribution in [0.25, 0.3) is 56.1 Å². The van der Waals surface area contributed by atoms with Gasteiger partial charge in [-0.05, 0) is 79.2 Å². The molecule has 6 aromatic rings. The van der Waals surface area contributed by atoms with Crippen molar-refractivity contribution < 1.29 is 30.6 Å². The average Bonchev–Trinajstić information content (AvgIpc) is 3.49. The van der Waals surface area contributed by atoms with Gasteiger partial charge in [-0.2, -0.15) is 0 Å². The number of hydrogen-bond donors (Lipinski definition) is 1. The van der Waals surface area contributed by atoms with E-state index in [0.717, 1.165) is 39.0 Å². The maximum absolute atomic E-state index is 10.8. The number of aromatic nitrogens is 2. The van der Waals surface area contributed by atoms with E-state index < -0.39 is 0 Å². The first-order valence-corrected chi connectivity index (χ1v) is 19.3. The Labute approximate surface area is 344 Å². The summed E-state index contributed by atoms with van der Waals surface area (Å²) < 4.78 is 6.49. The van der Waals surface area contributed by atoms with Crippen molar-refractivity contribution in [2.75, 3.05) is 0 Å². The van der Waals surface area contributed by atoms with Crippen molar-refractivity contribution in [1.82, 2.24) is 9.97 Å². The number of nitrogens with zero attached hydrogens (tertiary/aromatic N) is 2. The molecule has 4 nitrogen and oxygen atoms in total. The molecule has 0 aliphatic carbocycles. The Morgan fingerprint density at radius 3 is 1.64 bits per heavy atom. The molecule has 292 valence electrons. The first-order valence-electron chi connectivity index (χ1n) is 19.3. The molecule has 1 N–H and O–H groups in total. The Balaban J connectivity index is 0.00000580. The van der Waals surface area contributed by atoms with Crippen LogP contribution >= 0.6 is 0 Å². The van der Waals surface area contributed by atoms with Gasteiger partial charge in [0.15, 0.2) is 0 Å². The van der Waals surface area contributed by atoms with Crippen LogP contribution < -0.4 is 0 Å². The summed E-state index contributed by atoms with van der Waals surface area (Å²) in [6, 6.07) is 29.4. The van der Waals surface area contributed by atoms with Crippen LogP contribution in [0, 0.1) is 6.07 Å². The second kappa shape index (κ2) is 14.5. The SMILES string of the molecule is CC(C)(C)c1cc(-c2ccnc(-c3[c-]c(-c4cc(C(C)(C)C)cc5oc(-c6ccccc6O)nc45)c(C(C)(C)C)cc3C(C)(C)C)c2)cc(C(C)(C)C)c1.[Pt]. The summed E-state index contributed by atoms with van der Waals surface area (Å²) >= 11 is 0. The zero-order valence-corrected chi connectivity index (χ0v) is 37.8. The summed E-state index contributed by atoms with van der Waals surface area (Å²) in [5.41, 5.74) is 13.7. The van der Waals surface area contributed by atoms with Crippen LogP contribution in [0.15, 0.2) is 83.4 Å². The molecule has 0 saturated heterocycles. The molecular formula is C50H59N2O2Pt-. The van der Waals surface area contributed by atoms with E-state index in [-0.39, 0.29) is 53.9 Å². The fraction of sp³-hybridized carbons (Fsp3) is 0.400. The average molecular weight is 915 g/mol. The van der Waals surface area contributed by atoms with Gasteiger partial charge in [0.1, 0.15) is 11.3 Å². The molecule has 0 atom stereocenters. The van der Waals surface area contributed by atoms with Gasteiger partial charge in [0.05, 0.1) is 11.1 Å². The third-order valence-corrected chi connectivity index (χ3v) is 10.5. The number of para-hydroxylation sites is 1. The van der Waals surface area contributed by atoms with Gasteiger partial charge in [-0.15, -0.1) is 28.8 Å². The van der Waals surface area contributed by atoms with E-state index in [1.807, 2.05) is 18.3 Å². The second-order valence-electron chi connectivity index (χ2n) is 20.2. The second-order valence-corrected chi connectivity index (χ2v) is 20.2. The van der Waals surface area contributed by atoms with Crippen LogP contribution in [0.3, 0.4) is 0 Å². The zero-order valence-electron chi connectivity index (χ0n) is 35.6. The van der Waals surface area contributed by atoms with Crippen molar-refractivity contribution in [3.05, 3.63) is 113 Å². The Hall–Kier alpha value is -4.01. The van der Waals surface area contributed by atoms with Crippen LogP contribution in [-0.4, -0.2) is 15.1 Å². The molecule has 0 amide bonds. The van der Waals surface area contributed by atoms with E-state index in [4.69, 9.17) is 14.4 Å². The van der Waals surface area contributed by atoms with E-state index in [1.54, 1.807) is 12.1 Å². The molecule has 0 bridgehead atoms. The number of oxazole rings is 1. The molecule has 2 heterocycles. The van der Waals surface area contributed by atoms with Gasteiger partial charge in [0.25, 0.3) is 0 Å². The van der Waals surface area contributed by atoms with E-state index in [0.29, 0.717) is 17.0 Å². The number of phenols is 1. The van der Waals surface area contributed by atoms with Crippen LogP contribution in [0.5, 0.6) is 5.75 Å². The van der Waals surface area contributed by atoms with Gasteiger partial charge in [-0.25, -0.2) is 4.98 Å². The quantitative estimate of drug-likeness (QED) is 0.179. The number of hydrogen-bond acceptors (Lipinski definition) is 4. The largest absolute Gasteiger partial charge is 0.507 e. The zero-order chi connectivity index (χ0) is 39.8. The number of rotatable bonds is 4. The Bertz CT molecular complexity index is 2330. The van der Waals surface area contributed by atoms with Gasteiger partial charge in [-0.3, -0.25) is 4.98 Å². The standard InChI is InChI=1S/C50H59N2O2.Pt/c1-46(2,3)32-22-31(23-33(25-32)47(4,5)6)30-20-21-51-41(24-30)38-28-36(39(49(10,11)12)29-40(38)50(13,14)15)37-26-34(48(7,8)9)27-43-44(37)52-45(54-43)35-18-16-17-19-42(35)53;/h16-27,29,53H,1-15H3;/q-1;. The van der Waals surface area contributed by atoms with Crippen molar-refractivity contribution >= 4 is 11.1 Å². The predicted molar refractivity (Wildman–Crippen MR) is 228 cm³/mol. The van der Waals surface area contributed by atoms with Gasteiger partial charge >= 0.3 is 0 Å². The number of pyridine rings is 1. The van der Waals surface area contributed by atoms with Crippen molar-refractivity contribution in [2.45, 2.75) is 131 Å². The fourth-order valence-corrected chi connectivity index (χ4v) is 6.98. The van der Waals surface area contributed by atoms with E-state index in [1.165, 1.54) is 27.8 Å². The molecular weight excluding hydrogens is 856 g/mol. The van der Waals surface area contributed by atoms with Crippen molar-refractivity contribution in [2.24, 2.45) is 0 Å².